The number of carboxylic acid groups (broad SMARTS) is 1. The zero-order valence-corrected chi connectivity index (χ0v) is 11.5. The van der Waals surface area contributed by atoms with E-state index in [1.165, 1.54) is 0 Å². The Balaban J connectivity index is 2.54. The quantitative estimate of drug-likeness (QED) is 0.788. The number of carbonyl (C=O) groups is 2. The summed E-state index contributed by atoms with van der Waals surface area (Å²) < 4.78 is 5.01. The molecular weight excluding hydrogens is 248 g/mol. The van der Waals surface area contributed by atoms with Gasteiger partial charge in [0.1, 0.15) is 11.3 Å². The summed E-state index contributed by atoms with van der Waals surface area (Å²) in [6, 6.07) is -0.0779. The molecule has 0 aliphatic carbocycles. The molecule has 1 heterocycles. The van der Waals surface area contributed by atoms with Gasteiger partial charge in [0.15, 0.2) is 0 Å². The monoisotopic (exact) mass is 268 g/mol. The number of hydrogen-bond acceptors (Lipinski definition) is 4. The predicted molar refractivity (Wildman–Crippen MR) is 69.0 cm³/mol. The van der Waals surface area contributed by atoms with Gasteiger partial charge in [0, 0.05) is 12.5 Å². The fourth-order valence-corrected chi connectivity index (χ4v) is 1.88. The Bertz CT molecular complexity index is 453. The van der Waals surface area contributed by atoms with Crippen LogP contribution in [0.15, 0.2) is 4.52 Å². The predicted octanol–water partition coefficient (Wildman–Crippen LogP) is 1.92. The Labute approximate surface area is 112 Å². The van der Waals surface area contributed by atoms with Crippen LogP contribution in [-0.2, 0) is 11.2 Å². The van der Waals surface area contributed by atoms with Crippen LogP contribution in [0, 0.1) is 6.92 Å². The van der Waals surface area contributed by atoms with Crippen molar-refractivity contribution in [2.45, 2.75) is 52.5 Å². The van der Waals surface area contributed by atoms with Gasteiger partial charge in [-0.1, -0.05) is 12.1 Å². The minimum atomic E-state index is -0.818. The van der Waals surface area contributed by atoms with Gasteiger partial charge in [0.05, 0.1) is 5.69 Å². The van der Waals surface area contributed by atoms with Gasteiger partial charge in [0.2, 0.25) is 0 Å². The largest absolute Gasteiger partial charge is 0.481 e. The maximum atomic E-state index is 12.1. The second kappa shape index (κ2) is 6.92. The number of aryl methyl sites for hydroxylation is 2. The highest BCUT2D eigenvalue weighted by Gasteiger charge is 2.20. The van der Waals surface area contributed by atoms with Crippen LogP contribution in [0.1, 0.15) is 54.9 Å². The first-order chi connectivity index (χ1) is 8.95. The molecular formula is C13H20N2O4. The fraction of sp³-hybridized carbons (Fsp3) is 0.615. The van der Waals surface area contributed by atoms with E-state index in [9.17, 15) is 9.59 Å². The summed E-state index contributed by atoms with van der Waals surface area (Å²) in [7, 11) is 0. The normalized spacial score (nSPS) is 12.2. The molecule has 0 bridgehead atoms. The van der Waals surface area contributed by atoms with Crippen molar-refractivity contribution in [1.82, 2.24) is 10.5 Å². The van der Waals surface area contributed by atoms with E-state index in [2.05, 4.69) is 10.5 Å². The molecule has 0 aliphatic heterocycles. The summed E-state index contributed by atoms with van der Waals surface area (Å²) >= 11 is 0. The van der Waals surface area contributed by atoms with Gasteiger partial charge >= 0.3 is 5.97 Å². The third-order valence-electron chi connectivity index (χ3n) is 2.90. The van der Waals surface area contributed by atoms with Gasteiger partial charge in [-0.2, -0.15) is 0 Å². The van der Waals surface area contributed by atoms with Crippen LogP contribution in [0.25, 0.3) is 0 Å². The summed E-state index contributed by atoms with van der Waals surface area (Å²) in [5.74, 6) is -0.521. The van der Waals surface area contributed by atoms with Crippen molar-refractivity contribution >= 4 is 11.9 Å². The second-order valence-corrected chi connectivity index (χ2v) is 4.57. The molecule has 106 valence electrons. The minimum absolute atomic E-state index is 0.0779. The lowest BCUT2D eigenvalue weighted by Gasteiger charge is -2.13. The zero-order valence-electron chi connectivity index (χ0n) is 11.5. The number of nitrogens with zero attached hydrogens (tertiary/aromatic N) is 1. The number of amides is 1. The van der Waals surface area contributed by atoms with Gasteiger partial charge < -0.3 is 14.9 Å². The molecule has 1 rings (SSSR count). The minimum Gasteiger partial charge on any atom is -0.481 e. The molecule has 0 saturated heterocycles. The molecule has 0 fully saturated rings. The molecule has 6 heteroatoms. The highest BCUT2D eigenvalue weighted by Crippen LogP contribution is 2.14. The van der Waals surface area contributed by atoms with Crippen LogP contribution in [0.5, 0.6) is 0 Å². The van der Waals surface area contributed by atoms with Crippen LogP contribution in [-0.4, -0.2) is 28.2 Å². The average molecular weight is 268 g/mol. The molecule has 6 nitrogen and oxygen atoms in total. The highest BCUT2D eigenvalue weighted by atomic mass is 16.5. The van der Waals surface area contributed by atoms with E-state index in [0.29, 0.717) is 36.3 Å². The van der Waals surface area contributed by atoms with Crippen molar-refractivity contribution < 1.29 is 19.2 Å². The van der Waals surface area contributed by atoms with E-state index in [1.807, 2.05) is 13.8 Å². The van der Waals surface area contributed by atoms with Crippen molar-refractivity contribution in [1.29, 1.82) is 0 Å². The van der Waals surface area contributed by atoms with Crippen molar-refractivity contribution in [3.05, 3.63) is 17.0 Å². The van der Waals surface area contributed by atoms with E-state index in [1.54, 1.807) is 6.92 Å². The number of carbonyl (C=O) groups excluding carboxylic acids is 1. The molecule has 0 radical (unpaired) electrons. The van der Waals surface area contributed by atoms with E-state index >= 15 is 0 Å². The second-order valence-electron chi connectivity index (χ2n) is 4.57. The maximum Gasteiger partial charge on any atom is 0.303 e. The molecule has 1 aromatic rings. The summed E-state index contributed by atoms with van der Waals surface area (Å²) in [6.45, 7) is 5.47. The summed E-state index contributed by atoms with van der Waals surface area (Å²) in [5.41, 5.74) is 1.14. The molecule has 19 heavy (non-hydrogen) atoms. The lowest BCUT2D eigenvalue weighted by atomic mass is 10.1. The third-order valence-corrected chi connectivity index (χ3v) is 2.90. The average Bonchev–Trinajstić information content (AvgIpc) is 2.69. The Morgan fingerprint density at radius 2 is 2.16 bits per heavy atom. The van der Waals surface area contributed by atoms with Gasteiger partial charge in [-0.05, 0) is 33.1 Å². The van der Waals surface area contributed by atoms with E-state index in [4.69, 9.17) is 9.63 Å². The summed E-state index contributed by atoms with van der Waals surface area (Å²) in [6.07, 6.45) is 1.92. The Morgan fingerprint density at radius 1 is 1.47 bits per heavy atom. The number of carboxylic acids is 1. The third kappa shape index (κ3) is 4.39. The first-order valence-electron chi connectivity index (χ1n) is 6.43. The van der Waals surface area contributed by atoms with E-state index in [-0.39, 0.29) is 18.4 Å². The van der Waals surface area contributed by atoms with E-state index in [0.717, 1.165) is 0 Å². The molecule has 0 aliphatic rings. The highest BCUT2D eigenvalue weighted by molar-refractivity contribution is 5.96. The topological polar surface area (TPSA) is 92.4 Å². The molecule has 1 atom stereocenters. The van der Waals surface area contributed by atoms with Crippen LogP contribution in [0.3, 0.4) is 0 Å². The Kier molecular flexibility index (Phi) is 5.54. The standard InChI is InChI=1S/C13H20N2O4/c1-4-10-12(9(3)19-15-10)13(18)14-8(2)6-5-7-11(16)17/h8H,4-7H2,1-3H3,(H,14,18)(H,16,17). The summed E-state index contributed by atoms with van der Waals surface area (Å²) in [4.78, 5) is 22.5. The lowest BCUT2D eigenvalue weighted by molar-refractivity contribution is -0.137. The van der Waals surface area contributed by atoms with E-state index < -0.39 is 5.97 Å². The van der Waals surface area contributed by atoms with Crippen LogP contribution in [0.4, 0.5) is 0 Å². The van der Waals surface area contributed by atoms with Crippen LogP contribution in [0.2, 0.25) is 0 Å². The smallest absolute Gasteiger partial charge is 0.303 e. The zero-order chi connectivity index (χ0) is 14.4. The Morgan fingerprint density at radius 3 is 2.74 bits per heavy atom. The fourth-order valence-electron chi connectivity index (χ4n) is 1.88. The van der Waals surface area contributed by atoms with Crippen LogP contribution < -0.4 is 5.32 Å². The van der Waals surface area contributed by atoms with Gasteiger partial charge in [0.25, 0.3) is 5.91 Å². The first kappa shape index (κ1) is 15.2. The number of nitrogens with one attached hydrogen (secondary N) is 1. The number of aromatic nitrogens is 1. The van der Waals surface area contributed by atoms with Crippen molar-refractivity contribution in [2.75, 3.05) is 0 Å². The molecule has 0 aromatic carbocycles. The molecule has 0 saturated carbocycles. The molecule has 0 spiro atoms. The first-order valence-corrected chi connectivity index (χ1v) is 6.43. The number of aliphatic carboxylic acids is 1. The molecule has 1 aromatic heterocycles. The maximum absolute atomic E-state index is 12.1. The summed E-state index contributed by atoms with van der Waals surface area (Å²) in [5, 5.41) is 15.2. The molecule has 1 amide bonds. The lowest BCUT2D eigenvalue weighted by Crippen LogP contribution is -2.33. The van der Waals surface area contributed by atoms with Gasteiger partial charge in [-0.25, -0.2) is 0 Å². The van der Waals surface area contributed by atoms with Crippen molar-refractivity contribution in [2.24, 2.45) is 0 Å². The van der Waals surface area contributed by atoms with Crippen LogP contribution >= 0.6 is 0 Å². The van der Waals surface area contributed by atoms with Crippen molar-refractivity contribution in [3.63, 3.8) is 0 Å². The SMILES string of the molecule is CCc1noc(C)c1C(=O)NC(C)CCCC(=O)O. The number of rotatable bonds is 7. The molecule has 2 N–H and O–H groups in total. The van der Waals surface area contributed by atoms with Crippen molar-refractivity contribution in [3.8, 4) is 0 Å². The number of hydrogen-bond donors (Lipinski definition) is 2. The van der Waals surface area contributed by atoms with Gasteiger partial charge in [-0.15, -0.1) is 0 Å². The molecule has 1 unspecified atom stereocenters. The Hall–Kier alpha value is -1.85. The van der Waals surface area contributed by atoms with Gasteiger partial charge in [-0.3, -0.25) is 9.59 Å².